The Morgan fingerprint density at radius 1 is 1.24 bits per heavy atom. The van der Waals surface area contributed by atoms with E-state index in [-0.39, 0.29) is 0 Å². The molecule has 0 atom stereocenters. The summed E-state index contributed by atoms with van der Waals surface area (Å²) in [6, 6.07) is 9.98. The van der Waals surface area contributed by atoms with Crippen LogP contribution in [0.2, 0.25) is 0 Å². The number of rotatable bonds is 5. The van der Waals surface area contributed by atoms with Crippen LogP contribution in [0.4, 0.5) is 0 Å². The van der Waals surface area contributed by atoms with Gasteiger partial charge in [0, 0.05) is 6.54 Å². The fraction of sp³-hybridized carbons (Fsp3) is 0.286. The monoisotopic (exact) mass is 231 g/mol. The quantitative estimate of drug-likeness (QED) is 0.860. The lowest BCUT2D eigenvalue weighted by atomic mass is 10.1. The lowest BCUT2D eigenvalue weighted by Crippen LogP contribution is -2.00. The summed E-state index contributed by atoms with van der Waals surface area (Å²) in [7, 11) is 0. The van der Waals surface area contributed by atoms with Crippen LogP contribution in [0.15, 0.2) is 41.0 Å². The highest BCUT2D eigenvalue weighted by atomic mass is 16.5. The van der Waals surface area contributed by atoms with Gasteiger partial charge in [-0.1, -0.05) is 18.2 Å². The molecule has 3 nitrogen and oxygen atoms in total. The predicted octanol–water partition coefficient (Wildman–Crippen LogP) is 2.76. The minimum Gasteiger partial charge on any atom is -0.467 e. The molecule has 0 spiro atoms. The summed E-state index contributed by atoms with van der Waals surface area (Å²) in [6.45, 7) is 3.75. The van der Waals surface area contributed by atoms with Crippen molar-refractivity contribution >= 4 is 0 Å². The molecule has 3 heteroatoms. The smallest absolute Gasteiger partial charge is 0.129 e. The Hall–Kier alpha value is -1.58. The molecule has 2 rings (SSSR count). The molecule has 0 fully saturated rings. The maximum Gasteiger partial charge on any atom is 0.129 e. The summed E-state index contributed by atoms with van der Waals surface area (Å²) >= 11 is 0. The Bertz CT molecular complexity index is 463. The van der Waals surface area contributed by atoms with Crippen molar-refractivity contribution in [1.29, 1.82) is 0 Å². The van der Waals surface area contributed by atoms with Gasteiger partial charge in [0.25, 0.3) is 0 Å². The van der Waals surface area contributed by atoms with E-state index >= 15 is 0 Å². The Kier molecular flexibility index (Phi) is 3.96. The van der Waals surface area contributed by atoms with E-state index in [1.54, 1.807) is 6.26 Å². The summed E-state index contributed by atoms with van der Waals surface area (Å²) in [5.74, 6) is 0.848. The molecular weight excluding hydrogens is 214 g/mol. The first kappa shape index (κ1) is 11.9. The number of nitrogens with two attached hydrogens (primary N) is 1. The Morgan fingerprint density at radius 2 is 2.12 bits per heavy atom. The summed E-state index contributed by atoms with van der Waals surface area (Å²) in [6.07, 6.45) is 1.65. The van der Waals surface area contributed by atoms with Crippen molar-refractivity contribution in [3.8, 4) is 0 Å². The van der Waals surface area contributed by atoms with E-state index in [1.165, 1.54) is 11.1 Å². The van der Waals surface area contributed by atoms with Crippen molar-refractivity contribution in [2.45, 2.75) is 26.7 Å². The van der Waals surface area contributed by atoms with Crippen molar-refractivity contribution in [2.75, 3.05) is 0 Å². The molecule has 0 aliphatic heterocycles. The van der Waals surface area contributed by atoms with Gasteiger partial charge in [0.15, 0.2) is 0 Å². The number of ether oxygens (including phenoxy) is 1. The standard InChI is InChI=1S/C14H17NO2/c1-11-7-12(8-15)4-5-13(11)9-16-10-14-3-2-6-17-14/h2-7H,8-10,15H2,1H3. The first-order chi connectivity index (χ1) is 8.29. The van der Waals surface area contributed by atoms with Crippen LogP contribution in [-0.4, -0.2) is 0 Å². The lowest BCUT2D eigenvalue weighted by molar-refractivity contribution is 0.0926. The van der Waals surface area contributed by atoms with Crippen molar-refractivity contribution in [3.63, 3.8) is 0 Å². The molecule has 2 aromatic rings. The molecule has 0 amide bonds. The van der Waals surface area contributed by atoms with Gasteiger partial charge in [-0.15, -0.1) is 0 Å². The molecule has 0 saturated carbocycles. The van der Waals surface area contributed by atoms with Gasteiger partial charge in [-0.05, 0) is 35.7 Å². The zero-order valence-electron chi connectivity index (χ0n) is 9.98. The topological polar surface area (TPSA) is 48.4 Å². The van der Waals surface area contributed by atoms with Gasteiger partial charge in [-0.25, -0.2) is 0 Å². The minimum absolute atomic E-state index is 0.505. The van der Waals surface area contributed by atoms with Crippen molar-refractivity contribution in [2.24, 2.45) is 5.73 Å². The first-order valence-electron chi connectivity index (χ1n) is 5.68. The molecule has 1 heterocycles. The number of hydrogen-bond acceptors (Lipinski definition) is 3. The summed E-state index contributed by atoms with van der Waals surface area (Å²) in [5, 5.41) is 0. The minimum atomic E-state index is 0.505. The fourth-order valence-electron chi connectivity index (χ4n) is 1.70. The van der Waals surface area contributed by atoms with Crippen LogP contribution >= 0.6 is 0 Å². The van der Waals surface area contributed by atoms with Crippen LogP contribution in [0.25, 0.3) is 0 Å². The Labute approximate surface area is 101 Å². The first-order valence-corrected chi connectivity index (χ1v) is 5.68. The van der Waals surface area contributed by atoms with Crippen LogP contribution in [0.3, 0.4) is 0 Å². The largest absolute Gasteiger partial charge is 0.467 e. The van der Waals surface area contributed by atoms with Crippen LogP contribution in [0, 0.1) is 6.92 Å². The van der Waals surface area contributed by atoms with Gasteiger partial charge in [0.05, 0.1) is 12.9 Å². The molecule has 0 saturated heterocycles. The number of hydrogen-bond donors (Lipinski definition) is 1. The molecule has 0 unspecified atom stereocenters. The normalized spacial score (nSPS) is 10.7. The van der Waals surface area contributed by atoms with Crippen LogP contribution in [-0.2, 0) is 24.5 Å². The van der Waals surface area contributed by atoms with E-state index in [0.717, 1.165) is 11.3 Å². The van der Waals surface area contributed by atoms with E-state index in [0.29, 0.717) is 19.8 Å². The summed E-state index contributed by atoms with van der Waals surface area (Å²) in [5.41, 5.74) is 9.14. The third-order valence-corrected chi connectivity index (χ3v) is 2.72. The average Bonchev–Trinajstić information content (AvgIpc) is 2.84. The molecule has 17 heavy (non-hydrogen) atoms. The summed E-state index contributed by atoms with van der Waals surface area (Å²) in [4.78, 5) is 0. The second kappa shape index (κ2) is 5.66. The average molecular weight is 231 g/mol. The van der Waals surface area contributed by atoms with E-state index in [9.17, 15) is 0 Å². The number of aryl methyl sites for hydroxylation is 1. The molecule has 0 aliphatic carbocycles. The van der Waals surface area contributed by atoms with Gasteiger partial charge in [0.2, 0.25) is 0 Å². The van der Waals surface area contributed by atoms with E-state index < -0.39 is 0 Å². The van der Waals surface area contributed by atoms with E-state index in [4.69, 9.17) is 14.9 Å². The van der Waals surface area contributed by atoms with Crippen molar-refractivity contribution < 1.29 is 9.15 Å². The summed E-state index contributed by atoms with van der Waals surface area (Å²) < 4.78 is 10.8. The van der Waals surface area contributed by atoms with Crippen molar-refractivity contribution in [3.05, 3.63) is 59.0 Å². The van der Waals surface area contributed by atoms with Crippen molar-refractivity contribution in [1.82, 2.24) is 0 Å². The zero-order valence-corrected chi connectivity index (χ0v) is 9.98. The molecule has 2 N–H and O–H groups in total. The molecule has 90 valence electrons. The molecule has 0 bridgehead atoms. The predicted molar refractivity (Wildman–Crippen MR) is 66.3 cm³/mol. The fourth-order valence-corrected chi connectivity index (χ4v) is 1.70. The van der Waals surface area contributed by atoms with E-state index in [1.807, 2.05) is 18.2 Å². The molecule has 0 aliphatic rings. The van der Waals surface area contributed by atoms with Gasteiger partial charge in [-0.2, -0.15) is 0 Å². The van der Waals surface area contributed by atoms with E-state index in [2.05, 4.69) is 19.1 Å². The highest BCUT2D eigenvalue weighted by molar-refractivity contribution is 5.30. The van der Waals surface area contributed by atoms with Gasteiger partial charge >= 0.3 is 0 Å². The zero-order chi connectivity index (χ0) is 12.1. The van der Waals surface area contributed by atoms with Crippen LogP contribution in [0.5, 0.6) is 0 Å². The molecule has 1 aromatic carbocycles. The lowest BCUT2D eigenvalue weighted by Gasteiger charge is -2.08. The Balaban J connectivity index is 1.90. The molecular formula is C14H17NO2. The third-order valence-electron chi connectivity index (χ3n) is 2.72. The maximum absolute atomic E-state index is 5.59. The number of benzene rings is 1. The van der Waals surface area contributed by atoms with Gasteiger partial charge < -0.3 is 14.9 Å². The number of furan rings is 1. The van der Waals surface area contributed by atoms with Gasteiger partial charge in [-0.3, -0.25) is 0 Å². The maximum atomic E-state index is 5.59. The van der Waals surface area contributed by atoms with Gasteiger partial charge in [0.1, 0.15) is 12.4 Å². The van der Waals surface area contributed by atoms with Crippen LogP contribution < -0.4 is 5.73 Å². The highest BCUT2D eigenvalue weighted by Gasteiger charge is 2.01. The molecule has 1 aromatic heterocycles. The Morgan fingerprint density at radius 3 is 2.76 bits per heavy atom. The SMILES string of the molecule is Cc1cc(CN)ccc1COCc1ccco1. The second-order valence-corrected chi connectivity index (χ2v) is 4.04. The van der Waals surface area contributed by atoms with Crippen LogP contribution in [0.1, 0.15) is 22.5 Å². The molecule has 0 radical (unpaired) electrons. The third kappa shape index (κ3) is 3.19. The highest BCUT2D eigenvalue weighted by Crippen LogP contribution is 2.13. The second-order valence-electron chi connectivity index (χ2n) is 4.04.